The first kappa shape index (κ1) is 30.3. The maximum absolute atomic E-state index is 13.1. The van der Waals surface area contributed by atoms with Gasteiger partial charge in [-0.15, -0.1) is 0 Å². The quantitative estimate of drug-likeness (QED) is 0.180. The van der Waals surface area contributed by atoms with Gasteiger partial charge in [0.05, 0.1) is 23.8 Å². The van der Waals surface area contributed by atoms with Crippen molar-refractivity contribution in [3.05, 3.63) is 29.3 Å². The van der Waals surface area contributed by atoms with Crippen LogP contribution >= 0.6 is 36.2 Å². The lowest BCUT2D eigenvalue weighted by Crippen LogP contribution is -2.38. The van der Waals surface area contributed by atoms with Gasteiger partial charge in [-0.25, -0.2) is 4.79 Å². The molecule has 6 N–H and O–H groups in total. The fourth-order valence-corrected chi connectivity index (χ4v) is 3.98. The second-order valence-corrected chi connectivity index (χ2v) is 8.99. The molecule has 1 aromatic rings. The lowest BCUT2D eigenvalue weighted by Gasteiger charge is -2.16. The maximum atomic E-state index is 13.1. The molecule has 0 bridgehead atoms. The van der Waals surface area contributed by atoms with Gasteiger partial charge in [0.15, 0.2) is 0 Å². The molecule has 3 atom stereocenters. The van der Waals surface area contributed by atoms with E-state index in [-0.39, 0.29) is 29.4 Å². The van der Waals surface area contributed by atoms with E-state index in [0.717, 1.165) is 6.07 Å². The third-order valence-corrected chi connectivity index (χ3v) is 6.44. The molecule has 0 saturated carbocycles. The predicted octanol–water partition coefficient (Wildman–Crippen LogP) is 1.22. The number of rotatable bonds is 11. The molecule has 1 rings (SSSR count). The Hall–Kier alpha value is -1.78. The van der Waals surface area contributed by atoms with Crippen LogP contribution in [0.2, 0.25) is 0 Å². The average molecular weight is 544 g/mol. The molecule has 0 aromatic heterocycles. The highest BCUT2D eigenvalue weighted by Crippen LogP contribution is 2.34. The second kappa shape index (κ2) is 13.9. The van der Waals surface area contributed by atoms with E-state index in [0.29, 0.717) is 35.7 Å². The van der Waals surface area contributed by atoms with E-state index in [9.17, 15) is 32.3 Å². The molecule has 3 unspecified atom stereocenters. The Labute approximate surface area is 207 Å². The summed E-state index contributed by atoms with van der Waals surface area (Å²) in [5.74, 6) is -3.02. The fraction of sp³-hybridized carbons (Fsp3) is 0.474. The van der Waals surface area contributed by atoms with Gasteiger partial charge in [-0.05, 0) is 25.1 Å². The van der Waals surface area contributed by atoms with Crippen molar-refractivity contribution in [1.29, 1.82) is 0 Å². The van der Waals surface area contributed by atoms with Gasteiger partial charge in [-0.3, -0.25) is 14.4 Å². The van der Waals surface area contributed by atoms with Crippen molar-refractivity contribution in [2.75, 3.05) is 23.9 Å². The largest absolute Gasteiger partial charge is 0.465 e. The molecule has 0 aliphatic heterocycles. The van der Waals surface area contributed by atoms with Gasteiger partial charge in [0.25, 0.3) is 0 Å². The highest BCUT2D eigenvalue weighted by molar-refractivity contribution is 8.14. The first-order valence-corrected chi connectivity index (χ1v) is 12.2. The van der Waals surface area contributed by atoms with Crippen molar-refractivity contribution in [3.63, 3.8) is 0 Å². The van der Waals surface area contributed by atoms with Crippen molar-refractivity contribution in [3.8, 4) is 5.75 Å². The molecule has 0 aliphatic rings. The van der Waals surface area contributed by atoms with Crippen LogP contribution in [0.3, 0.4) is 0 Å². The Morgan fingerprint density at radius 2 is 1.59 bits per heavy atom. The molecule has 0 fully saturated rings. The Kier molecular flexibility index (Phi) is 12.4. The van der Waals surface area contributed by atoms with E-state index >= 15 is 0 Å². The third-order valence-electron chi connectivity index (χ3n) is 3.93. The highest BCUT2D eigenvalue weighted by atomic mass is 32.2. The summed E-state index contributed by atoms with van der Waals surface area (Å²) in [5.41, 5.74) is 15.3. The Morgan fingerprint density at radius 3 is 2.15 bits per heavy atom. The molecule has 9 nitrogen and oxygen atoms in total. The van der Waals surface area contributed by atoms with E-state index in [1.165, 1.54) is 0 Å². The zero-order chi connectivity index (χ0) is 26.1. The molecule has 15 heteroatoms. The molecular weight excluding hydrogens is 519 g/mol. The van der Waals surface area contributed by atoms with Crippen molar-refractivity contribution >= 4 is 58.3 Å². The van der Waals surface area contributed by atoms with Gasteiger partial charge in [0.2, 0.25) is 10.2 Å². The number of halogens is 3. The molecule has 0 radical (unpaired) electrons. The van der Waals surface area contributed by atoms with Crippen LogP contribution in [-0.2, 0) is 25.3 Å². The number of alkyl halides is 3. The summed E-state index contributed by atoms with van der Waals surface area (Å²) in [7, 11) is 0. The molecule has 1 aromatic carbocycles. The zero-order valence-electron chi connectivity index (χ0n) is 17.9. The number of hydrogen-bond donors (Lipinski definition) is 4. The number of benzene rings is 1. The number of ether oxygens (including phenoxy) is 2. The molecule has 0 amide bonds. The summed E-state index contributed by atoms with van der Waals surface area (Å²) >= 11 is 5.06. The summed E-state index contributed by atoms with van der Waals surface area (Å²) in [5, 5.41) is -1.28. The average Bonchev–Trinajstić information content (AvgIpc) is 2.79. The normalized spacial score (nSPS) is 14.1. The van der Waals surface area contributed by atoms with Gasteiger partial charge in [-0.1, -0.05) is 23.5 Å². The van der Waals surface area contributed by atoms with Gasteiger partial charge in [-0.2, -0.15) is 25.8 Å². The minimum Gasteiger partial charge on any atom is -0.465 e. The number of hydrogen-bond acceptors (Lipinski definition) is 12. The molecule has 0 aliphatic carbocycles. The summed E-state index contributed by atoms with van der Waals surface area (Å²) < 4.78 is 49.2. The van der Waals surface area contributed by atoms with Crippen molar-refractivity contribution in [1.82, 2.24) is 0 Å². The lowest BCUT2D eigenvalue weighted by atomic mass is 10.1. The van der Waals surface area contributed by atoms with Crippen molar-refractivity contribution in [2.45, 2.75) is 31.2 Å². The highest BCUT2D eigenvalue weighted by Gasteiger charge is 2.33. The van der Waals surface area contributed by atoms with E-state index in [1.807, 2.05) is 0 Å². The molecule has 190 valence electrons. The second-order valence-electron chi connectivity index (χ2n) is 6.61. The van der Waals surface area contributed by atoms with Gasteiger partial charge in [0.1, 0.15) is 17.8 Å². The smallest absolute Gasteiger partial charge is 0.416 e. The third kappa shape index (κ3) is 9.46. The summed E-state index contributed by atoms with van der Waals surface area (Å²) in [6.45, 7) is 1.65. The van der Waals surface area contributed by atoms with Crippen LogP contribution in [0.1, 0.15) is 22.8 Å². The molecular formula is C19H24F3N3O6S3. The van der Waals surface area contributed by atoms with Crippen molar-refractivity contribution < 1.29 is 41.8 Å². The van der Waals surface area contributed by atoms with Crippen LogP contribution in [0, 0.1) is 0 Å². The minimum atomic E-state index is -4.78. The minimum absolute atomic E-state index is 0.0682. The number of carbonyl (C=O) groups excluding carboxylic acids is 4. The Balaban J connectivity index is 3.02. The number of carbonyl (C=O) groups is 4. The SMILES string of the molecule is CCOC(=O)C(N)CSC(=O)c1ccc(C(F)(F)F)cc1OC(=O)C(N)CSC(=O)C(N)CS. The van der Waals surface area contributed by atoms with E-state index in [2.05, 4.69) is 12.6 Å². The van der Waals surface area contributed by atoms with E-state index in [1.54, 1.807) is 6.92 Å². The topological polar surface area (TPSA) is 165 Å². The predicted molar refractivity (Wildman–Crippen MR) is 126 cm³/mol. The molecule has 0 heterocycles. The van der Waals surface area contributed by atoms with Crippen LogP contribution in [0.4, 0.5) is 13.2 Å². The zero-order valence-corrected chi connectivity index (χ0v) is 20.4. The summed E-state index contributed by atoms with van der Waals surface area (Å²) in [4.78, 5) is 48.2. The van der Waals surface area contributed by atoms with Crippen LogP contribution in [0.15, 0.2) is 18.2 Å². The number of esters is 2. The number of nitrogens with two attached hydrogens (primary N) is 3. The van der Waals surface area contributed by atoms with Crippen LogP contribution in [0.25, 0.3) is 0 Å². The first-order chi connectivity index (χ1) is 15.8. The Morgan fingerprint density at radius 1 is 1.00 bits per heavy atom. The summed E-state index contributed by atoms with van der Waals surface area (Å²) in [6, 6.07) is -1.47. The molecule has 0 saturated heterocycles. The molecule has 0 spiro atoms. The van der Waals surface area contributed by atoms with Crippen LogP contribution in [0.5, 0.6) is 5.75 Å². The van der Waals surface area contributed by atoms with E-state index < -0.39 is 57.8 Å². The molecule has 34 heavy (non-hydrogen) atoms. The fourth-order valence-electron chi connectivity index (χ4n) is 2.12. The Bertz CT molecular complexity index is 904. The van der Waals surface area contributed by atoms with Crippen molar-refractivity contribution in [2.24, 2.45) is 17.2 Å². The van der Waals surface area contributed by atoms with Crippen LogP contribution < -0.4 is 21.9 Å². The van der Waals surface area contributed by atoms with Gasteiger partial charge >= 0.3 is 18.1 Å². The number of thiol groups is 1. The number of thioether (sulfide) groups is 2. The summed E-state index contributed by atoms with van der Waals surface area (Å²) in [6.07, 6.45) is -4.78. The van der Waals surface area contributed by atoms with Gasteiger partial charge < -0.3 is 26.7 Å². The van der Waals surface area contributed by atoms with Crippen LogP contribution in [-0.4, -0.2) is 64.2 Å². The standard InChI is InChI=1S/C19H24F3N3O6S3/c1-2-30-15(26)12(24)7-33-17(28)10-4-3-9(19(20,21)22)5-14(10)31-16(27)13(25)8-34-18(29)11(23)6-32/h3-5,11-13,32H,2,6-8,23-25H2,1H3. The maximum Gasteiger partial charge on any atom is 0.416 e. The lowest BCUT2D eigenvalue weighted by molar-refractivity contribution is -0.144. The monoisotopic (exact) mass is 543 g/mol. The van der Waals surface area contributed by atoms with E-state index in [4.69, 9.17) is 26.7 Å². The first-order valence-electron chi connectivity index (χ1n) is 9.62. The van der Waals surface area contributed by atoms with Gasteiger partial charge in [0, 0.05) is 17.3 Å².